The van der Waals surface area contributed by atoms with E-state index in [0.29, 0.717) is 5.82 Å². The fourth-order valence-electron chi connectivity index (χ4n) is 1.42. The number of hydrogen-bond acceptors (Lipinski definition) is 3. The summed E-state index contributed by atoms with van der Waals surface area (Å²) in [4.78, 5) is 4.18. The first-order valence-electron chi connectivity index (χ1n) is 5.27. The van der Waals surface area contributed by atoms with Gasteiger partial charge in [0.05, 0.1) is 5.60 Å². The lowest BCUT2D eigenvalue weighted by Crippen LogP contribution is -2.33. The fraction of sp³-hybridized carbons (Fsp3) is 0.727. The highest BCUT2D eigenvalue weighted by molar-refractivity contribution is 5.02. The lowest BCUT2D eigenvalue weighted by Gasteiger charge is -2.28. The number of hydrogen-bond donors (Lipinski definition) is 1. The van der Waals surface area contributed by atoms with E-state index in [-0.39, 0.29) is 0 Å². The molecule has 0 aliphatic rings. The van der Waals surface area contributed by atoms with Crippen molar-refractivity contribution >= 4 is 0 Å². The molecule has 0 spiro atoms. The van der Waals surface area contributed by atoms with Crippen molar-refractivity contribution in [2.45, 2.75) is 45.4 Å². The molecule has 4 heteroatoms. The minimum Gasteiger partial charge on any atom is -0.382 e. The van der Waals surface area contributed by atoms with Crippen molar-refractivity contribution < 1.29 is 9.84 Å². The average Bonchev–Trinajstić information content (AvgIpc) is 2.65. The minimum absolute atomic E-state index is 0.614. The van der Waals surface area contributed by atoms with Crippen LogP contribution in [0.25, 0.3) is 0 Å². The number of aromatic nitrogens is 2. The van der Waals surface area contributed by atoms with Crippen molar-refractivity contribution in [3.8, 4) is 0 Å². The second kappa shape index (κ2) is 4.77. The number of nitrogens with zero attached hydrogens (tertiary/aromatic N) is 2. The number of ether oxygens (including phenoxy) is 1. The lowest BCUT2D eigenvalue weighted by molar-refractivity contribution is -0.0841. The molecule has 0 amide bonds. The van der Waals surface area contributed by atoms with Crippen LogP contribution in [-0.4, -0.2) is 27.4 Å². The Labute approximate surface area is 90.9 Å². The molecule has 1 unspecified atom stereocenters. The van der Waals surface area contributed by atoms with Gasteiger partial charge in [-0.15, -0.1) is 0 Å². The SMILES string of the molecule is CCCn1ccnc1C(O)C(C)(C)OC. The zero-order valence-corrected chi connectivity index (χ0v) is 9.90. The average molecular weight is 212 g/mol. The summed E-state index contributed by atoms with van der Waals surface area (Å²) in [7, 11) is 1.59. The zero-order valence-electron chi connectivity index (χ0n) is 9.90. The van der Waals surface area contributed by atoms with Gasteiger partial charge in [-0.25, -0.2) is 4.98 Å². The Morgan fingerprint density at radius 3 is 2.80 bits per heavy atom. The maximum atomic E-state index is 10.1. The molecule has 0 saturated heterocycles. The monoisotopic (exact) mass is 212 g/mol. The van der Waals surface area contributed by atoms with Gasteiger partial charge in [0.1, 0.15) is 11.9 Å². The summed E-state index contributed by atoms with van der Waals surface area (Å²) < 4.78 is 7.22. The second-order valence-corrected chi connectivity index (χ2v) is 4.19. The first-order valence-corrected chi connectivity index (χ1v) is 5.27. The van der Waals surface area contributed by atoms with Gasteiger partial charge in [-0.05, 0) is 20.3 Å². The first kappa shape index (κ1) is 12.2. The first-order chi connectivity index (χ1) is 7.03. The van der Waals surface area contributed by atoms with Crippen molar-refractivity contribution in [3.05, 3.63) is 18.2 Å². The quantitative estimate of drug-likeness (QED) is 0.809. The predicted molar refractivity (Wildman–Crippen MR) is 58.6 cm³/mol. The number of rotatable bonds is 5. The van der Waals surface area contributed by atoms with Gasteiger partial charge in [-0.1, -0.05) is 6.92 Å². The molecule has 1 N–H and O–H groups in total. The van der Waals surface area contributed by atoms with Crippen LogP contribution < -0.4 is 0 Å². The largest absolute Gasteiger partial charge is 0.382 e. The van der Waals surface area contributed by atoms with E-state index in [1.165, 1.54) is 0 Å². The minimum atomic E-state index is -0.705. The molecule has 0 fully saturated rings. The van der Waals surface area contributed by atoms with Crippen molar-refractivity contribution in [1.29, 1.82) is 0 Å². The van der Waals surface area contributed by atoms with Crippen LogP contribution in [0.5, 0.6) is 0 Å². The molecule has 15 heavy (non-hydrogen) atoms. The summed E-state index contributed by atoms with van der Waals surface area (Å²) in [6, 6.07) is 0. The summed E-state index contributed by atoms with van der Waals surface area (Å²) in [5.41, 5.74) is -0.614. The summed E-state index contributed by atoms with van der Waals surface area (Å²) >= 11 is 0. The van der Waals surface area contributed by atoms with Crippen molar-refractivity contribution in [1.82, 2.24) is 9.55 Å². The number of aliphatic hydroxyl groups excluding tert-OH is 1. The molecular weight excluding hydrogens is 192 g/mol. The van der Waals surface area contributed by atoms with Crippen LogP contribution in [0.1, 0.15) is 39.1 Å². The van der Waals surface area contributed by atoms with E-state index in [2.05, 4.69) is 11.9 Å². The topological polar surface area (TPSA) is 47.3 Å². The third kappa shape index (κ3) is 2.58. The molecular formula is C11H20N2O2. The number of aryl methyl sites for hydroxylation is 1. The Hall–Kier alpha value is -0.870. The maximum Gasteiger partial charge on any atom is 0.140 e. The number of imidazole rings is 1. The van der Waals surface area contributed by atoms with E-state index >= 15 is 0 Å². The van der Waals surface area contributed by atoms with Crippen LogP contribution in [0.4, 0.5) is 0 Å². The van der Waals surface area contributed by atoms with Gasteiger partial charge >= 0.3 is 0 Å². The molecule has 0 radical (unpaired) electrons. The summed E-state index contributed by atoms with van der Waals surface area (Å²) in [5, 5.41) is 10.1. The number of methoxy groups -OCH3 is 1. The Morgan fingerprint density at radius 1 is 1.60 bits per heavy atom. The van der Waals surface area contributed by atoms with Gasteiger partial charge in [0, 0.05) is 26.0 Å². The van der Waals surface area contributed by atoms with Crippen LogP contribution in [-0.2, 0) is 11.3 Å². The Morgan fingerprint density at radius 2 is 2.27 bits per heavy atom. The highest BCUT2D eigenvalue weighted by Crippen LogP contribution is 2.26. The Balaban J connectivity index is 2.90. The third-order valence-corrected chi connectivity index (χ3v) is 2.64. The summed E-state index contributed by atoms with van der Waals surface area (Å²) in [6.07, 6.45) is 3.90. The summed E-state index contributed by atoms with van der Waals surface area (Å²) in [5.74, 6) is 0.670. The number of aliphatic hydroxyl groups is 1. The van der Waals surface area contributed by atoms with E-state index in [1.807, 2.05) is 24.6 Å². The molecule has 0 aromatic carbocycles. The van der Waals surface area contributed by atoms with E-state index in [4.69, 9.17) is 4.74 Å². The molecule has 1 aromatic heterocycles. The fourth-order valence-corrected chi connectivity index (χ4v) is 1.42. The molecule has 0 aliphatic heterocycles. The molecule has 1 aromatic rings. The van der Waals surface area contributed by atoms with E-state index in [9.17, 15) is 5.11 Å². The second-order valence-electron chi connectivity index (χ2n) is 4.19. The highest BCUT2D eigenvalue weighted by atomic mass is 16.5. The van der Waals surface area contributed by atoms with Crippen LogP contribution in [0, 0.1) is 0 Å². The van der Waals surface area contributed by atoms with E-state index in [1.54, 1.807) is 13.3 Å². The smallest absolute Gasteiger partial charge is 0.140 e. The van der Waals surface area contributed by atoms with Crippen molar-refractivity contribution in [3.63, 3.8) is 0 Å². The van der Waals surface area contributed by atoms with E-state index < -0.39 is 11.7 Å². The van der Waals surface area contributed by atoms with Crippen LogP contribution in [0.2, 0.25) is 0 Å². The van der Waals surface area contributed by atoms with Gasteiger partial charge in [0.25, 0.3) is 0 Å². The van der Waals surface area contributed by atoms with Gasteiger partial charge < -0.3 is 14.4 Å². The van der Waals surface area contributed by atoms with Gasteiger partial charge in [0.15, 0.2) is 0 Å². The third-order valence-electron chi connectivity index (χ3n) is 2.64. The normalized spacial score (nSPS) is 14.2. The van der Waals surface area contributed by atoms with Crippen LogP contribution in [0.15, 0.2) is 12.4 Å². The van der Waals surface area contributed by atoms with Gasteiger partial charge in [-0.2, -0.15) is 0 Å². The van der Waals surface area contributed by atoms with Crippen LogP contribution >= 0.6 is 0 Å². The van der Waals surface area contributed by atoms with Crippen molar-refractivity contribution in [2.75, 3.05) is 7.11 Å². The summed E-state index contributed by atoms with van der Waals surface area (Å²) in [6.45, 7) is 6.66. The van der Waals surface area contributed by atoms with Gasteiger partial charge in [-0.3, -0.25) is 0 Å². The molecule has 1 heterocycles. The molecule has 1 atom stereocenters. The Bertz CT molecular complexity index is 307. The molecule has 0 aliphatic carbocycles. The molecule has 0 saturated carbocycles. The maximum absolute atomic E-state index is 10.1. The van der Waals surface area contributed by atoms with Gasteiger partial charge in [0.2, 0.25) is 0 Å². The standard InChI is InChI=1S/C11H20N2O2/c1-5-7-13-8-6-12-10(13)9(14)11(2,3)15-4/h6,8-9,14H,5,7H2,1-4H3. The predicted octanol–water partition coefficient (Wildman–Crippen LogP) is 1.75. The van der Waals surface area contributed by atoms with Crippen molar-refractivity contribution in [2.24, 2.45) is 0 Å². The zero-order chi connectivity index (χ0) is 11.5. The Kier molecular flexibility index (Phi) is 3.88. The lowest BCUT2D eigenvalue weighted by atomic mass is 10.0. The molecule has 0 bridgehead atoms. The molecule has 1 rings (SSSR count). The molecule has 86 valence electrons. The molecule has 4 nitrogen and oxygen atoms in total. The van der Waals surface area contributed by atoms with E-state index in [0.717, 1.165) is 13.0 Å². The van der Waals surface area contributed by atoms with Crippen LogP contribution in [0.3, 0.4) is 0 Å². The highest BCUT2D eigenvalue weighted by Gasteiger charge is 2.31.